The van der Waals surface area contributed by atoms with E-state index in [1.54, 1.807) is 6.07 Å². The lowest BCUT2D eigenvalue weighted by Gasteiger charge is -2.34. The van der Waals surface area contributed by atoms with E-state index in [0.29, 0.717) is 5.25 Å². The highest BCUT2D eigenvalue weighted by molar-refractivity contribution is 7.86. The third-order valence-corrected chi connectivity index (χ3v) is 5.79. The Kier molecular flexibility index (Phi) is 4.61. The lowest BCUT2D eigenvalue weighted by Crippen LogP contribution is -2.39. The average molecular weight is 283 g/mol. The number of hydrogen-bond acceptors (Lipinski definition) is 2. The zero-order valence-electron chi connectivity index (χ0n) is 11.9. The van der Waals surface area contributed by atoms with Crippen molar-refractivity contribution in [3.05, 3.63) is 29.6 Å². The normalized spacial score (nSPS) is 18.9. The molecule has 2 rings (SSSR count). The van der Waals surface area contributed by atoms with E-state index < -0.39 is 10.8 Å². The van der Waals surface area contributed by atoms with Gasteiger partial charge in [-0.3, -0.25) is 4.21 Å². The van der Waals surface area contributed by atoms with E-state index in [-0.39, 0.29) is 11.1 Å². The second kappa shape index (κ2) is 6.04. The van der Waals surface area contributed by atoms with E-state index in [2.05, 4.69) is 4.90 Å². The second-order valence-electron chi connectivity index (χ2n) is 5.49. The monoisotopic (exact) mass is 283 g/mol. The van der Waals surface area contributed by atoms with Crippen molar-refractivity contribution >= 4 is 16.5 Å². The average Bonchev–Trinajstić information content (AvgIpc) is 2.38. The highest BCUT2D eigenvalue weighted by Gasteiger charge is 2.26. The van der Waals surface area contributed by atoms with E-state index in [1.165, 1.54) is 6.07 Å². The lowest BCUT2D eigenvalue weighted by atomic mass is 10.1. The summed E-state index contributed by atoms with van der Waals surface area (Å²) in [5, 5.41) is 0.557. The number of nitrogens with zero attached hydrogens (tertiary/aromatic N) is 1. The first-order valence-electron chi connectivity index (χ1n) is 6.89. The molecule has 2 nitrogen and oxygen atoms in total. The van der Waals surface area contributed by atoms with E-state index in [0.717, 1.165) is 37.2 Å². The fraction of sp³-hybridized carbons (Fsp3) is 0.600. The smallest absolute Gasteiger partial charge is 0.123 e. The van der Waals surface area contributed by atoms with E-state index in [4.69, 9.17) is 0 Å². The van der Waals surface area contributed by atoms with Crippen molar-refractivity contribution in [2.45, 2.75) is 44.1 Å². The second-order valence-corrected chi connectivity index (χ2v) is 7.76. The molecule has 0 spiro atoms. The molecule has 1 unspecified atom stereocenters. The van der Waals surface area contributed by atoms with Gasteiger partial charge in [-0.05, 0) is 43.5 Å². The Labute approximate surface area is 117 Å². The van der Waals surface area contributed by atoms with Crippen molar-refractivity contribution in [2.75, 3.05) is 18.0 Å². The minimum atomic E-state index is -0.725. The first kappa shape index (κ1) is 14.5. The Balaban J connectivity index is 2.02. The third kappa shape index (κ3) is 3.35. The van der Waals surface area contributed by atoms with Crippen LogP contribution in [-0.4, -0.2) is 27.8 Å². The molecular weight excluding hydrogens is 261 g/mol. The topological polar surface area (TPSA) is 20.3 Å². The standard InChI is InChI=1S/C15H22FNOS/c1-11(2)19(18)14-6-8-17(9-7-14)15-5-4-13(16)10-12(15)3/h4-5,10-11,14H,6-9H2,1-3H3. The fourth-order valence-corrected chi connectivity index (χ4v) is 4.13. The molecule has 1 aromatic rings. The first-order chi connectivity index (χ1) is 8.99. The van der Waals surface area contributed by atoms with Crippen molar-refractivity contribution in [1.29, 1.82) is 0 Å². The van der Waals surface area contributed by atoms with Crippen molar-refractivity contribution in [2.24, 2.45) is 0 Å². The van der Waals surface area contributed by atoms with Gasteiger partial charge in [-0.25, -0.2) is 4.39 Å². The summed E-state index contributed by atoms with van der Waals surface area (Å²) >= 11 is 0. The number of halogens is 1. The number of rotatable bonds is 3. The zero-order valence-corrected chi connectivity index (χ0v) is 12.7. The number of aryl methyl sites for hydroxylation is 1. The molecule has 1 aliphatic rings. The number of benzene rings is 1. The van der Waals surface area contributed by atoms with Gasteiger partial charge in [0.25, 0.3) is 0 Å². The van der Waals surface area contributed by atoms with Crippen LogP contribution in [0.3, 0.4) is 0 Å². The summed E-state index contributed by atoms with van der Waals surface area (Å²) in [4.78, 5) is 2.28. The summed E-state index contributed by atoms with van der Waals surface area (Å²) < 4.78 is 25.2. The summed E-state index contributed by atoms with van der Waals surface area (Å²) in [6.45, 7) is 7.81. The van der Waals surface area contributed by atoms with Crippen LogP contribution < -0.4 is 4.90 Å². The fourth-order valence-electron chi connectivity index (χ4n) is 2.69. The maximum absolute atomic E-state index is 13.1. The molecule has 0 bridgehead atoms. The van der Waals surface area contributed by atoms with Gasteiger partial charge in [-0.1, -0.05) is 13.8 Å². The molecule has 1 fully saturated rings. The Hall–Kier alpha value is -0.900. The highest BCUT2D eigenvalue weighted by Crippen LogP contribution is 2.26. The maximum Gasteiger partial charge on any atom is 0.123 e. The van der Waals surface area contributed by atoms with Crippen LogP contribution in [0.2, 0.25) is 0 Å². The van der Waals surface area contributed by atoms with Gasteiger partial charge in [0.15, 0.2) is 0 Å². The van der Waals surface area contributed by atoms with E-state index >= 15 is 0 Å². The van der Waals surface area contributed by atoms with Gasteiger partial charge >= 0.3 is 0 Å². The number of anilines is 1. The summed E-state index contributed by atoms with van der Waals surface area (Å²) in [6.07, 6.45) is 1.92. The van der Waals surface area contributed by atoms with E-state index in [9.17, 15) is 8.60 Å². The van der Waals surface area contributed by atoms with Gasteiger partial charge < -0.3 is 4.90 Å². The predicted molar refractivity (Wildman–Crippen MR) is 79.7 cm³/mol. The molecule has 0 aromatic heterocycles. The third-order valence-electron chi connectivity index (χ3n) is 3.73. The predicted octanol–water partition coefficient (Wildman–Crippen LogP) is 3.26. The first-order valence-corrected chi connectivity index (χ1v) is 8.17. The molecular formula is C15H22FNOS. The molecule has 1 saturated heterocycles. The van der Waals surface area contributed by atoms with Crippen molar-refractivity contribution in [3.8, 4) is 0 Å². The molecule has 0 amide bonds. The van der Waals surface area contributed by atoms with Crippen LogP contribution in [0, 0.1) is 12.7 Å². The Morgan fingerprint density at radius 1 is 1.32 bits per heavy atom. The molecule has 0 N–H and O–H groups in total. The Morgan fingerprint density at radius 2 is 1.95 bits per heavy atom. The minimum absolute atomic E-state index is 0.183. The molecule has 1 aliphatic heterocycles. The quantitative estimate of drug-likeness (QED) is 0.848. The van der Waals surface area contributed by atoms with E-state index in [1.807, 2.05) is 26.8 Å². The molecule has 1 aromatic carbocycles. The largest absolute Gasteiger partial charge is 0.371 e. The molecule has 4 heteroatoms. The SMILES string of the molecule is Cc1cc(F)ccc1N1CCC(S(=O)C(C)C)CC1. The lowest BCUT2D eigenvalue weighted by molar-refractivity contribution is 0.565. The van der Waals surface area contributed by atoms with Crippen molar-refractivity contribution in [1.82, 2.24) is 0 Å². The van der Waals surface area contributed by atoms with Crippen LogP contribution in [-0.2, 0) is 10.8 Å². The molecule has 19 heavy (non-hydrogen) atoms. The van der Waals surface area contributed by atoms with Crippen molar-refractivity contribution < 1.29 is 8.60 Å². The molecule has 1 atom stereocenters. The van der Waals surface area contributed by atoms with Crippen LogP contribution >= 0.6 is 0 Å². The summed E-state index contributed by atoms with van der Waals surface area (Å²) in [7, 11) is -0.725. The van der Waals surface area contributed by atoms with Gasteiger partial charge in [0, 0.05) is 40.1 Å². The molecule has 1 heterocycles. The maximum atomic E-state index is 13.1. The zero-order chi connectivity index (χ0) is 14.0. The number of hydrogen-bond donors (Lipinski definition) is 0. The molecule has 0 aliphatic carbocycles. The van der Waals surface area contributed by atoms with Crippen molar-refractivity contribution in [3.63, 3.8) is 0 Å². The molecule has 0 saturated carbocycles. The van der Waals surface area contributed by atoms with Gasteiger partial charge in [0.2, 0.25) is 0 Å². The van der Waals surface area contributed by atoms with Crippen LogP contribution in [0.5, 0.6) is 0 Å². The highest BCUT2D eigenvalue weighted by atomic mass is 32.2. The Morgan fingerprint density at radius 3 is 2.47 bits per heavy atom. The molecule has 106 valence electrons. The number of piperidine rings is 1. The summed E-state index contributed by atoms with van der Waals surface area (Å²) in [5.74, 6) is -0.183. The Bertz CT molecular complexity index is 467. The molecule has 0 radical (unpaired) electrons. The van der Waals surface area contributed by atoms with Crippen LogP contribution in [0.25, 0.3) is 0 Å². The van der Waals surface area contributed by atoms with Gasteiger partial charge in [0.1, 0.15) is 5.82 Å². The van der Waals surface area contributed by atoms with Crippen LogP contribution in [0.15, 0.2) is 18.2 Å². The van der Waals surface area contributed by atoms with Crippen LogP contribution in [0.4, 0.5) is 10.1 Å². The van der Waals surface area contributed by atoms with Gasteiger partial charge in [-0.2, -0.15) is 0 Å². The van der Waals surface area contributed by atoms with Gasteiger partial charge in [-0.15, -0.1) is 0 Å². The van der Waals surface area contributed by atoms with Crippen LogP contribution in [0.1, 0.15) is 32.3 Å². The van der Waals surface area contributed by atoms with Gasteiger partial charge in [0.05, 0.1) is 0 Å². The minimum Gasteiger partial charge on any atom is -0.371 e. The summed E-state index contributed by atoms with van der Waals surface area (Å²) in [6, 6.07) is 4.94. The summed E-state index contributed by atoms with van der Waals surface area (Å²) in [5.41, 5.74) is 2.08.